The van der Waals surface area contributed by atoms with Crippen molar-refractivity contribution >= 4 is 64.1 Å². The van der Waals surface area contributed by atoms with Gasteiger partial charge in [0.25, 0.3) is 5.91 Å². The van der Waals surface area contributed by atoms with E-state index in [1.807, 2.05) is 12.1 Å². The molecule has 0 radical (unpaired) electrons. The van der Waals surface area contributed by atoms with Crippen LogP contribution >= 0.6 is 46.4 Å². The third kappa shape index (κ3) is 8.32. The number of nitrogens with zero attached hydrogens (tertiary/aromatic N) is 1. The molecular weight excluding hydrogens is 606 g/mol. The molecule has 0 aliphatic rings. The summed E-state index contributed by atoms with van der Waals surface area (Å²) in [5.41, 5.74) is 2.62. The van der Waals surface area contributed by atoms with Crippen LogP contribution in [0, 0.1) is 11.3 Å². The molecule has 41 heavy (non-hydrogen) atoms. The fourth-order valence-electron chi connectivity index (χ4n) is 3.63. The van der Waals surface area contributed by atoms with Gasteiger partial charge in [0.1, 0.15) is 30.6 Å². The Morgan fingerprint density at radius 1 is 0.829 bits per heavy atom. The maximum absolute atomic E-state index is 12.8. The van der Waals surface area contributed by atoms with Gasteiger partial charge in [-0.15, -0.1) is 0 Å². The summed E-state index contributed by atoms with van der Waals surface area (Å²) in [4.78, 5) is 12.8. The lowest BCUT2D eigenvalue weighted by molar-refractivity contribution is -0.112. The molecule has 1 amide bonds. The minimum Gasteiger partial charge on any atom is -0.493 e. The van der Waals surface area contributed by atoms with Crippen LogP contribution in [0.3, 0.4) is 0 Å². The van der Waals surface area contributed by atoms with Gasteiger partial charge in [-0.25, -0.2) is 0 Å². The number of nitrogens with one attached hydrogen (secondary N) is 1. The number of carbonyl (C=O) groups excluding carboxylic acids is 1. The molecule has 0 saturated heterocycles. The average molecular weight is 628 g/mol. The van der Waals surface area contributed by atoms with Crippen molar-refractivity contribution in [2.75, 3.05) is 12.4 Å². The van der Waals surface area contributed by atoms with Gasteiger partial charge in [-0.2, -0.15) is 5.26 Å². The van der Waals surface area contributed by atoms with Gasteiger partial charge in [-0.1, -0.05) is 64.6 Å². The molecule has 0 saturated carbocycles. The Labute approximate surface area is 257 Å². The second-order valence-electron chi connectivity index (χ2n) is 8.62. The predicted molar refractivity (Wildman–Crippen MR) is 163 cm³/mol. The second kappa shape index (κ2) is 14.2. The number of rotatable bonds is 10. The average Bonchev–Trinajstić information content (AvgIpc) is 2.97. The van der Waals surface area contributed by atoms with Crippen molar-refractivity contribution in [3.05, 3.63) is 121 Å². The van der Waals surface area contributed by atoms with Crippen LogP contribution in [0.4, 0.5) is 5.69 Å². The van der Waals surface area contributed by atoms with Crippen LogP contribution in [0.2, 0.25) is 20.1 Å². The summed E-state index contributed by atoms with van der Waals surface area (Å²) < 4.78 is 17.1. The summed E-state index contributed by atoms with van der Waals surface area (Å²) in [5, 5.41) is 14.3. The minimum atomic E-state index is -0.562. The zero-order valence-electron chi connectivity index (χ0n) is 21.6. The number of hydrogen-bond acceptors (Lipinski definition) is 5. The minimum absolute atomic E-state index is 0.0887. The Hall–Kier alpha value is -3.86. The lowest BCUT2D eigenvalue weighted by Gasteiger charge is -2.12. The van der Waals surface area contributed by atoms with E-state index in [4.69, 9.17) is 60.6 Å². The number of amides is 1. The third-order valence-corrected chi connectivity index (χ3v) is 7.09. The van der Waals surface area contributed by atoms with Gasteiger partial charge < -0.3 is 19.5 Å². The van der Waals surface area contributed by atoms with Crippen molar-refractivity contribution in [2.45, 2.75) is 13.2 Å². The van der Waals surface area contributed by atoms with Gasteiger partial charge in [0.2, 0.25) is 0 Å². The largest absolute Gasteiger partial charge is 0.493 e. The van der Waals surface area contributed by atoms with Crippen molar-refractivity contribution in [1.29, 1.82) is 5.26 Å². The highest BCUT2D eigenvalue weighted by atomic mass is 35.5. The number of hydrogen-bond donors (Lipinski definition) is 1. The number of nitriles is 1. The number of carbonyl (C=O) groups is 1. The van der Waals surface area contributed by atoms with E-state index >= 15 is 0 Å². The van der Waals surface area contributed by atoms with E-state index in [-0.39, 0.29) is 18.8 Å². The standard InChI is InChI=1S/C31H22Cl4N2O4/c1-39-30-14-19(3-11-29(30)41-17-20-2-10-26(33)28(35)13-20)12-22(16-36)31(38)37-24-6-8-25(9-7-24)40-18-21-4-5-23(32)15-27(21)34/h2-15H,17-18H2,1H3,(H,37,38)/b22-12+. The molecule has 0 atom stereocenters. The van der Waals surface area contributed by atoms with E-state index in [0.717, 1.165) is 11.1 Å². The molecule has 0 aliphatic heterocycles. The number of anilines is 1. The first-order valence-corrected chi connectivity index (χ1v) is 13.6. The van der Waals surface area contributed by atoms with Crippen molar-refractivity contribution in [1.82, 2.24) is 0 Å². The molecule has 4 aromatic rings. The second-order valence-corrected chi connectivity index (χ2v) is 10.3. The molecule has 0 aromatic heterocycles. The van der Waals surface area contributed by atoms with Crippen molar-refractivity contribution < 1.29 is 19.0 Å². The summed E-state index contributed by atoms with van der Waals surface area (Å²) in [5.74, 6) is 0.943. The molecule has 208 valence electrons. The van der Waals surface area contributed by atoms with Gasteiger partial charge in [-0.05, 0) is 77.9 Å². The van der Waals surface area contributed by atoms with Crippen LogP contribution in [0.1, 0.15) is 16.7 Å². The Morgan fingerprint density at radius 3 is 2.29 bits per heavy atom. The quantitative estimate of drug-likeness (QED) is 0.140. The first-order chi connectivity index (χ1) is 19.7. The molecule has 0 spiro atoms. The number of benzene rings is 4. The van der Waals surface area contributed by atoms with Crippen LogP contribution in [0.5, 0.6) is 17.2 Å². The van der Waals surface area contributed by atoms with Gasteiger partial charge in [-0.3, -0.25) is 4.79 Å². The van der Waals surface area contributed by atoms with Gasteiger partial charge in [0.05, 0.1) is 17.2 Å². The van der Waals surface area contributed by atoms with Crippen LogP contribution in [0.25, 0.3) is 6.08 Å². The summed E-state index contributed by atoms with van der Waals surface area (Å²) in [6.07, 6.45) is 1.47. The Kier molecular flexibility index (Phi) is 10.4. The molecule has 6 nitrogen and oxygen atoms in total. The lowest BCUT2D eigenvalue weighted by Crippen LogP contribution is -2.13. The van der Waals surface area contributed by atoms with Gasteiger partial charge >= 0.3 is 0 Å². The van der Waals surface area contributed by atoms with Crippen LogP contribution in [-0.4, -0.2) is 13.0 Å². The summed E-state index contributed by atoms with van der Waals surface area (Å²) in [7, 11) is 1.50. The smallest absolute Gasteiger partial charge is 0.266 e. The molecule has 0 aliphatic carbocycles. The molecule has 1 N–H and O–H groups in total. The summed E-state index contributed by atoms with van der Waals surface area (Å²) in [6, 6.07) is 24.2. The fourth-order valence-corrected chi connectivity index (χ4v) is 4.42. The molecule has 4 aromatic carbocycles. The van der Waals surface area contributed by atoms with E-state index in [2.05, 4.69) is 5.32 Å². The van der Waals surface area contributed by atoms with E-state index in [9.17, 15) is 10.1 Å². The van der Waals surface area contributed by atoms with Crippen molar-refractivity contribution in [2.24, 2.45) is 0 Å². The van der Waals surface area contributed by atoms with Crippen LogP contribution in [-0.2, 0) is 18.0 Å². The lowest BCUT2D eigenvalue weighted by atomic mass is 10.1. The number of halogens is 4. The van der Waals surface area contributed by atoms with Gasteiger partial charge in [0, 0.05) is 21.3 Å². The van der Waals surface area contributed by atoms with Gasteiger partial charge in [0.15, 0.2) is 11.5 Å². The summed E-state index contributed by atoms with van der Waals surface area (Å²) in [6.45, 7) is 0.499. The topological polar surface area (TPSA) is 80.6 Å². The normalized spacial score (nSPS) is 11.0. The Morgan fingerprint density at radius 2 is 1.61 bits per heavy atom. The first-order valence-electron chi connectivity index (χ1n) is 12.1. The number of ether oxygens (including phenoxy) is 3. The molecular formula is C31H22Cl4N2O4. The molecule has 0 fully saturated rings. The van der Waals surface area contributed by atoms with Crippen molar-refractivity contribution in [3.8, 4) is 23.3 Å². The number of methoxy groups -OCH3 is 1. The van der Waals surface area contributed by atoms with E-state index < -0.39 is 5.91 Å². The molecule has 0 unspecified atom stereocenters. The van der Waals surface area contributed by atoms with E-state index in [1.165, 1.54) is 13.2 Å². The zero-order valence-corrected chi connectivity index (χ0v) is 24.6. The molecule has 0 heterocycles. The van der Waals surface area contributed by atoms with E-state index in [1.54, 1.807) is 72.8 Å². The molecule has 4 rings (SSSR count). The third-order valence-electron chi connectivity index (χ3n) is 5.76. The SMILES string of the molecule is COc1cc(/C=C(\C#N)C(=O)Nc2ccc(OCc3ccc(Cl)cc3Cl)cc2)ccc1OCc1ccc(Cl)c(Cl)c1. The Balaban J connectivity index is 1.38. The fraction of sp³-hybridized carbons (Fsp3) is 0.0968. The predicted octanol–water partition coefficient (Wildman–Crippen LogP) is 9.01. The highest BCUT2D eigenvalue weighted by Crippen LogP contribution is 2.31. The maximum Gasteiger partial charge on any atom is 0.266 e. The maximum atomic E-state index is 12.8. The van der Waals surface area contributed by atoms with Crippen LogP contribution in [0.15, 0.2) is 84.4 Å². The monoisotopic (exact) mass is 626 g/mol. The van der Waals surface area contributed by atoms with Crippen molar-refractivity contribution in [3.63, 3.8) is 0 Å². The van der Waals surface area contributed by atoms with E-state index in [0.29, 0.717) is 48.6 Å². The summed E-state index contributed by atoms with van der Waals surface area (Å²) >= 11 is 24.2. The highest BCUT2D eigenvalue weighted by molar-refractivity contribution is 6.42. The molecule has 0 bridgehead atoms. The Bertz CT molecular complexity index is 1630. The highest BCUT2D eigenvalue weighted by Gasteiger charge is 2.12. The molecule has 10 heteroatoms. The first kappa shape index (κ1) is 30.1. The zero-order chi connectivity index (χ0) is 29.4. The van der Waals surface area contributed by atoms with Crippen LogP contribution < -0.4 is 19.5 Å².